The van der Waals surface area contributed by atoms with E-state index in [4.69, 9.17) is 5.73 Å². The summed E-state index contributed by atoms with van der Waals surface area (Å²) in [4.78, 5) is 0. The van der Waals surface area contributed by atoms with E-state index in [2.05, 4.69) is 13.5 Å². The number of rotatable bonds is 3. The molecule has 0 saturated carbocycles. The minimum atomic E-state index is 0.639. The Morgan fingerprint density at radius 3 is 2.75 bits per heavy atom. The molecule has 46 valence electrons. The van der Waals surface area contributed by atoms with Crippen LogP contribution >= 0.6 is 0 Å². The van der Waals surface area contributed by atoms with Gasteiger partial charge in [-0.05, 0) is 13.3 Å². The summed E-state index contributed by atoms with van der Waals surface area (Å²) in [5.74, 6) is 0. The third-order valence-electron chi connectivity index (χ3n) is 0.933. The van der Waals surface area contributed by atoms with Gasteiger partial charge in [-0.15, -0.1) is 6.58 Å². The molecule has 0 heterocycles. The fraction of sp³-hybridized carbons (Fsp3) is 0.429. The monoisotopic (exact) mass is 111 g/mol. The Bertz CT molecular complexity index is 92.6. The van der Waals surface area contributed by atoms with Crippen molar-refractivity contribution >= 4 is 0 Å². The van der Waals surface area contributed by atoms with E-state index in [0.29, 0.717) is 6.54 Å². The van der Waals surface area contributed by atoms with Crippen molar-refractivity contribution in [1.29, 1.82) is 0 Å². The van der Waals surface area contributed by atoms with Gasteiger partial charge in [0.05, 0.1) is 0 Å². The zero-order chi connectivity index (χ0) is 6.41. The average molecular weight is 111 g/mol. The summed E-state index contributed by atoms with van der Waals surface area (Å²) in [5.41, 5.74) is 6.54. The molecule has 0 aromatic heterocycles. The molecule has 0 aliphatic carbocycles. The van der Waals surface area contributed by atoms with Crippen LogP contribution in [-0.4, -0.2) is 6.54 Å². The van der Waals surface area contributed by atoms with Crippen LogP contribution in [0.2, 0.25) is 0 Å². The molecule has 0 aromatic rings. The first-order valence-electron chi connectivity index (χ1n) is 2.78. The van der Waals surface area contributed by atoms with Gasteiger partial charge in [0.2, 0.25) is 0 Å². The Balaban J connectivity index is 3.44. The third-order valence-corrected chi connectivity index (χ3v) is 0.933. The number of hydrogen-bond acceptors (Lipinski definition) is 1. The molecule has 1 heteroatoms. The van der Waals surface area contributed by atoms with E-state index in [-0.39, 0.29) is 0 Å². The van der Waals surface area contributed by atoms with Crippen LogP contribution in [-0.2, 0) is 0 Å². The van der Waals surface area contributed by atoms with Gasteiger partial charge < -0.3 is 5.73 Å². The van der Waals surface area contributed by atoms with Gasteiger partial charge in [0.25, 0.3) is 0 Å². The van der Waals surface area contributed by atoms with E-state index in [1.165, 1.54) is 5.57 Å². The van der Waals surface area contributed by atoms with Crippen molar-refractivity contribution in [2.24, 2.45) is 5.73 Å². The standard InChI is InChI=1S/C7H13N/c1-3-4-7(2)5-6-8/h3,5H,1,4,6,8H2,2H3/b7-5-. The minimum Gasteiger partial charge on any atom is -0.327 e. The van der Waals surface area contributed by atoms with Gasteiger partial charge in [-0.3, -0.25) is 0 Å². The Hall–Kier alpha value is -0.560. The molecule has 0 saturated heterocycles. The second-order valence-electron chi connectivity index (χ2n) is 1.78. The quantitative estimate of drug-likeness (QED) is 0.548. The molecule has 8 heavy (non-hydrogen) atoms. The fourth-order valence-electron chi connectivity index (χ4n) is 0.512. The molecule has 0 fully saturated rings. The Labute approximate surface area is 50.9 Å². The molecule has 0 amide bonds. The Morgan fingerprint density at radius 2 is 2.38 bits per heavy atom. The molecular weight excluding hydrogens is 98.1 g/mol. The summed E-state index contributed by atoms with van der Waals surface area (Å²) in [6, 6.07) is 0. The van der Waals surface area contributed by atoms with Gasteiger partial charge in [-0.25, -0.2) is 0 Å². The normalized spacial score (nSPS) is 11.5. The molecule has 0 aliphatic heterocycles. The van der Waals surface area contributed by atoms with E-state index in [9.17, 15) is 0 Å². The van der Waals surface area contributed by atoms with Crippen molar-refractivity contribution in [2.75, 3.05) is 6.54 Å². The van der Waals surface area contributed by atoms with E-state index >= 15 is 0 Å². The highest BCUT2D eigenvalue weighted by molar-refractivity contribution is 5.02. The van der Waals surface area contributed by atoms with E-state index in [1.807, 2.05) is 12.2 Å². The topological polar surface area (TPSA) is 26.0 Å². The molecule has 0 atom stereocenters. The molecule has 0 bridgehead atoms. The van der Waals surface area contributed by atoms with Gasteiger partial charge in [0, 0.05) is 6.54 Å². The lowest BCUT2D eigenvalue weighted by Crippen LogP contribution is -1.93. The first kappa shape index (κ1) is 7.44. The summed E-state index contributed by atoms with van der Waals surface area (Å²) in [6.07, 6.45) is 4.83. The van der Waals surface area contributed by atoms with Gasteiger partial charge in [0.15, 0.2) is 0 Å². The Kier molecular flexibility index (Phi) is 4.27. The van der Waals surface area contributed by atoms with Crippen molar-refractivity contribution in [3.05, 3.63) is 24.3 Å². The summed E-state index contributed by atoms with van der Waals surface area (Å²) < 4.78 is 0. The van der Waals surface area contributed by atoms with Gasteiger partial charge in [-0.1, -0.05) is 17.7 Å². The van der Waals surface area contributed by atoms with Crippen molar-refractivity contribution in [3.8, 4) is 0 Å². The lowest BCUT2D eigenvalue weighted by molar-refractivity contribution is 1.15. The maximum Gasteiger partial charge on any atom is 0.0109 e. The summed E-state index contributed by atoms with van der Waals surface area (Å²) in [7, 11) is 0. The highest BCUT2D eigenvalue weighted by atomic mass is 14.5. The largest absolute Gasteiger partial charge is 0.327 e. The molecule has 0 unspecified atom stereocenters. The lowest BCUT2D eigenvalue weighted by atomic mass is 10.2. The molecule has 0 radical (unpaired) electrons. The van der Waals surface area contributed by atoms with E-state index in [1.54, 1.807) is 0 Å². The van der Waals surface area contributed by atoms with Crippen LogP contribution in [0.4, 0.5) is 0 Å². The highest BCUT2D eigenvalue weighted by Crippen LogP contribution is 1.96. The Morgan fingerprint density at radius 1 is 1.75 bits per heavy atom. The zero-order valence-corrected chi connectivity index (χ0v) is 5.35. The summed E-state index contributed by atoms with van der Waals surface area (Å²) in [6.45, 7) is 6.29. The first-order chi connectivity index (χ1) is 3.81. The predicted octanol–water partition coefficient (Wildman–Crippen LogP) is 1.47. The average Bonchev–Trinajstić information content (AvgIpc) is 1.68. The first-order valence-corrected chi connectivity index (χ1v) is 2.78. The van der Waals surface area contributed by atoms with Crippen LogP contribution in [0.1, 0.15) is 13.3 Å². The van der Waals surface area contributed by atoms with Crippen LogP contribution in [0, 0.1) is 0 Å². The predicted molar refractivity (Wildman–Crippen MR) is 37.6 cm³/mol. The molecular formula is C7H13N. The fourth-order valence-corrected chi connectivity index (χ4v) is 0.512. The van der Waals surface area contributed by atoms with Gasteiger partial charge >= 0.3 is 0 Å². The van der Waals surface area contributed by atoms with Crippen LogP contribution < -0.4 is 5.73 Å². The van der Waals surface area contributed by atoms with Gasteiger partial charge in [0.1, 0.15) is 0 Å². The highest BCUT2D eigenvalue weighted by Gasteiger charge is 1.79. The third kappa shape index (κ3) is 3.62. The molecule has 1 nitrogen and oxygen atoms in total. The van der Waals surface area contributed by atoms with Crippen LogP contribution in [0.15, 0.2) is 24.3 Å². The summed E-state index contributed by atoms with van der Waals surface area (Å²) >= 11 is 0. The van der Waals surface area contributed by atoms with Crippen molar-refractivity contribution < 1.29 is 0 Å². The number of hydrogen-bond donors (Lipinski definition) is 1. The molecule has 0 aromatic carbocycles. The molecule has 0 spiro atoms. The number of nitrogens with two attached hydrogens (primary N) is 1. The maximum absolute atomic E-state index is 5.25. The second kappa shape index (κ2) is 4.60. The van der Waals surface area contributed by atoms with Gasteiger partial charge in [-0.2, -0.15) is 0 Å². The molecule has 0 aliphatic rings. The minimum absolute atomic E-state index is 0.639. The summed E-state index contributed by atoms with van der Waals surface area (Å²) in [5, 5.41) is 0. The van der Waals surface area contributed by atoms with Crippen molar-refractivity contribution in [1.82, 2.24) is 0 Å². The maximum atomic E-state index is 5.25. The molecule has 0 rings (SSSR count). The van der Waals surface area contributed by atoms with Crippen LogP contribution in [0.25, 0.3) is 0 Å². The zero-order valence-electron chi connectivity index (χ0n) is 5.35. The smallest absolute Gasteiger partial charge is 0.0109 e. The number of allylic oxidation sites excluding steroid dienone is 2. The van der Waals surface area contributed by atoms with Crippen LogP contribution in [0.5, 0.6) is 0 Å². The van der Waals surface area contributed by atoms with Crippen molar-refractivity contribution in [3.63, 3.8) is 0 Å². The molecule has 2 N–H and O–H groups in total. The van der Waals surface area contributed by atoms with Crippen LogP contribution in [0.3, 0.4) is 0 Å². The lowest BCUT2D eigenvalue weighted by Gasteiger charge is -1.90. The van der Waals surface area contributed by atoms with Crippen molar-refractivity contribution in [2.45, 2.75) is 13.3 Å². The second-order valence-corrected chi connectivity index (χ2v) is 1.78. The van der Waals surface area contributed by atoms with E-state index in [0.717, 1.165) is 6.42 Å². The van der Waals surface area contributed by atoms with E-state index < -0.39 is 0 Å². The SMILES string of the molecule is C=CC/C(C)=C\CN.